The van der Waals surface area contributed by atoms with Crippen molar-refractivity contribution >= 4 is 5.91 Å². The van der Waals surface area contributed by atoms with Crippen LogP contribution in [0.25, 0.3) is 0 Å². The number of amides is 1. The first-order chi connectivity index (χ1) is 9.80. The highest BCUT2D eigenvalue weighted by Gasteiger charge is 2.36. The highest BCUT2D eigenvalue weighted by molar-refractivity contribution is 5.96. The molecule has 1 aromatic carbocycles. The van der Waals surface area contributed by atoms with Gasteiger partial charge in [0.2, 0.25) is 0 Å². The number of alkyl halides is 3. The summed E-state index contributed by atoms with van der Waals surface area (Å²) in [5.74, 6) is 0.122. The largest absolute Gasteiger partial charge is 0.417 e. The summed E-state index contributed by atoms with van der Waals surface area (Å²) in [5.41, 5.74) is -1.17. The maximum absolute atomic E-state index is 12.9. The molecule has 0 heterocycles. The molecule has 0 aliphatic heterocycles. The molecule has 0 saturated heterocycles. The molecule has 1 aliphatic rings. The van der Waals surface area contributed by atoms with E-state index in [-0.39, 0.29) is 17.5 Å². The molecule has 0 radical (unpaired) electrons. The van der Waals surface area contributed by atoms with Crippen LogP contribution in [0.1, 0.15) is 49.0 Å². The quantitative estimate of drug-likeness (QED) is 0.868. The molecule has 0 unspecified atom stereocenters. The lowest BCUT2D eigenvalue weighted by molar-refractivity contribution is -0.137. The standard InChI is InChI=1S/C16H20F3NO/c1-10-6-5-9-14(11(10)2)20-15(21)12-7-3-4-8-13(12)16(17,18)19/h3-4,7-8,10-11,14H,5-6,9H2,1-2H3,(H,20,21)/t10-,11+,14-/m1/s1. The summed E-state index contributed by atoms with van der Waals surface area (Å²) in [6, 6.07) is 4.88. The van der Waals surface area contributed by atoms with E-state index in [0.717, 1.165) is 25.3 Å². The van der Waals surface area contributed by atoms with Crippen LogP contribution in [0.15, 0.2) is 24.3 Å². The van der Waals surface area contributed by atoms with E-state index in [1.165, 1.54) is 18.2 Å². The van der Waals surface area contributed by atoms with Crippen molar-refractivity contribution < 1.29 is 18.0 Å². The van der Waals surface area contributed by atoms with Gasteiger partial charge >= 0.3 is 6.18 Å². The van der Waals surface area contributed by atoms with E-state index in [1.54, 1.807) is 0 Å². The average molecular weight is 299 g/mol. The Labute approximate surface area is 122 Å². The Kier molecular flexibility index (Phi) is 4.59. The van der Waals surface area contributed by atoms with Gasteiger partial charge in [-0.1, -0.05) is 38.8 Å². The van der Waals surface area contributed by atoms with E-state index >= 15 is 0 Å². The monoisotopic (exact) mass is 299 g/mol. The lowest BCUT2D eigenvalue weighted by Crippen LogP contribution is -2.44. The first kappa shape index (κ1) is 15.9. The SMILES string of the molecule is C[C@H]1[C@H](C)CCC[C@H]1NC(=O)c1ccccc1C(F)(F)F. The average Bonchev–Trinajstić information content (AvgIpc) is 2.43. The Bertz CT molecular complexity index is 512. The minimum Gasteiger partial charge on any atom is -0.349 e. The van der Waals surface area contributed by atoms with Gasteiger partial charge in [-0.3, -0.25) is 4.79 Å². The first-order valence-electron chi connectivity index (χ1n) is 7.27. The number of hydrogen-bond acceptors (Lipinski definition) is 1. The van der Waals surface area contributed by atoms with Gasteiger partial charge in [-0.05, 0) is 30.4 Å². The fraction of sp³-hybridized carbons (Fsp3) is 0.562. The molecule has 1 saturated carbocycles. The van der Waals surface area contributed by atoms with Crippen LogP contribution in [0.2, 0.25) is 0 Å². The number of hydrogen-bond donors (Lipinski definition) is 1. The Morgan fingerprint density at radius 2 is 1.86 bits per heavy atom. The van der Waals surface area contributed by atoms with Crippen LogP contribution in [0.5, 0.6) is 0 Å². The second-order valence-electron chi connectivity index (χ2n) is 5.89. The van der Waals surface area contributed by atoms with Gasteiger partial charge in [0.1, 0.15) is 0 Å². The van der Waals surface area contributed by atoms with E-state index < -0.39 is 17.6 Å². The molecule has 1 amide bonds. The second kappa shape index (κ2) is 6.08. The third kappa shape index (κ3) is 3.57. The molecule has 0 spiro atoms. The van der Waals surface area contributed by atoms with Crippen molar-refractivity contribution in [2.45, 2.75) is 45.3 Å². The lowest BCUT2D eigenvalue weighted by atomic mass is 9.78. The molecular formula is C16H20F3NO. The minimum absolute atomic E-state index is 0.0532. The number of rotatable bonds is 2. The van der Waals surface area contributed by atoms with Gasteiger partial charge in [0.15, 0.2) is 0 Å². The van der Waals surface area contributed by atoms with Gasteiger partial charge in [-0.2, -0.15) is 13.2 Å². The van der Waals surface area contributed by atoms with Crippen LogP contribution in [0, 0.1) is 11.8 Å². The van der Waals surface area contributed by atoms with Crippen LogP contribution < -0.4 is 5.32 Å². The maximum atomic E-state index is 12.9. The van der Waals surface area contributed by atoms with Crippen LogP contribution in [0.4, 0.5) is 13.2 Å². The van der Waals surface area contributed by atoms with Crippen LogP contribution in [-0.4, -0.2) is 11.9 Å². The summed E-state index contributed by atoms with van der Waals surface area (Å²) in [7, 11) is 0. The van der Waals surface area contributed by atoms with Gasteiger partial charge in [-0.15, -0.1) is 0 Å². The Morgan fingerprint density at radius 3 is 2.52 bits per heavy atom. The zero-order chi connectivity index (χ0) is 15.6. The number of carbonyl (C=O) groups is 1. The summed E-state index contributed by atoms with van der Waals surface area (Å²) < 4.78 is 38.8. The topological polar surface area (TPSA) is 29.1 Å². The molecule has 0 bridgehead atoms. The normalized spacial score (nSPS) is 26.4. The van der Waals surface area contributed by atoms with Crippen molar-refractivity contribution in [2.24, 2.45) is 11.8 Å². The van der Waals surface area contributed by atoms with Crippen molar-refractivity contribution in [3.05, 3.63) is 35.4 Å². The van der Waals surface area contributed by atoms with E-state index in [2.05, 4.69) is 12.2 Å². The first-order valence-corrected chi connectivity index (χ1v) is 7.27. The zero-order valence-electron chi connectivity index (χ0n) is 12.2. The zero-order valence-corrected chi connectivity index (χ0v) is 12.2. The van der Waals surface area contributed by atoms with E-state index in [0.29, 0.717) is 5.92 Å². The van der Waals surface area contributed by atoms with E-state index in [9.17, 15) is 18.0 Å². The third-order valence-electron chi connectivity index (χ3n) is 4.50. The van der Waals surface area contributed by atoms with Gasteiger partial charge in [-0.25, -0.2) is 0 Å². The van der Waals surface area contributed by atoms with Crippen molar-refractivity contribution in [3.8, 4) is 0 Å². The van der Waals surface area contributed by atoms with E-state index in [1.807, 2.05) is 6.92 Å². The molecule has 116 valence electrons. The van der Waals surface area contributed by atoms with Gasteiger partial charge in [0, 0.05) is 6.04 Å². The molecule has 1 fully saturated rings. The second-order valence-corrected chi connectivity index (χ2v) is 5.89. The third-order valence-corrected chi connectivity index (χ3v) is 4.50. The fourth-order valence-electron chi connectivity index (χ4n) is 2.96. The molecular weight excluding hydrogens is 279 g/mol. The summed E-state index contributed by atoms with van der Waals surface area (Å²) in [5, 5.41) is 2.79. The molecule has 2 rings (SSSR count). The number of halogens is 3. The highest BCUT2D eigenvalue weighted by atomic mass is 19.4. The number of benzene rings is 1. The number of carbonyl (C=O) groups excluding carboxylic acids is 1. The van der Waals surface area contributed by atoms with Gasteiger partial charge < -0.3 is 5.32 Å². The van der Waals surface area contributed by atoms with Gasteiger partial charge in [0.05, 0.1) is 11.1 Å². The van der Waals surface area contributed by atoms with Crippen molar-refractivity contribution in [1.82, 2.24) is 5.32 Å². The Balaban J connectivity index is 2.18. The predicted octanol–water partition coefficient (Wildman–Crippen LogP) is 4.26. The molecule has 3 atom stereocenters. The van der Waals surface area contributed by atoms with Gasteiger partial charge in [0.25, 0.3) is 5.91 Å². The molecule has 21 heavy (non-hydrogen) atoms. The van der Waals surface area contributed by atoms with E-state index in [4.69, 9.17) is 0 Å². The van der Waals surface area contributed by atoms with Crippen molar-refractivity contribution in [3.63, 3.8) is 0 Å². The molecule has 0 aromatic heterocycles. The van der Waals surface area contributed by atoms with Crippen molar-refractivity contribution in [2.75, 3.05) is 0 Å². The maximum Gasteiger partial charge on any atom is 0.417 e. The molecule has 1 aromatic rings. The van der Waals surface area contributed by atoms with Crippen LogP contribution in [0.3, 0.4) is 0 Å². The molecule has 1 aliphatic carbocycles. The number of nitrogens with one attached hydrogen (secondary N) is 1. The molecule has 5 heteroatoms. The summed E-state index contributed by atoms with van der Waals surface area (Å²) in [4.78, 5) is 12.2. The summed E-state index contributed by atoms with van der Waals surface area (Å²) >= 11 is 0. The smallest absolute Gasteiger partial charge is 0.349 e. The minimum atomic E-state index is -4.51. The Morgan fingerprint density at radius 1 is 1.19 bits per heavy atom. The molecule has 1 N–H and O–H groups in total. The predicted molar refractivity (Wildman–Crippen MR) is 74.9 cm³/mol. The molecule has 2 nitrogen and oxygen atoms in total. The Hall–Kier alpha value is -1.52. The summed E-state index contributed by atoms with van der Waals surface area (Å²) in [6.45, 7) is 4.16. The highest BCUT2D eigenvalue weighted by Crippen LogP contribution is 2.33. The summed E-state index contributed by atoms with van der Waals surface area (Å²) in [6.07, 6.45) is -1.59. The van der Waals surface area contributed by atoms with Crippen molar-refractivity contribution in [1.29, 1.82) is 0 Å². The van der Waals surface area contributed by atoms with Crippen LogP contribution in [-0.2, 0) is 6.18 Å². The van der Waals surface area contributed by atoms with Crippen LogP contribution >= 0.6 is 0 Å². The fourth-order valence-corrected chi connectivity index (χ4v) is 2.96. The lowest BCUT2D eigenvalue weighted by Gasteiger charge is -2.34.